The van der Waals surface area contributed by atoms with Crippen LogP contribution in [0.3, 0.4) is 0 Å². The van der Waals surface area contributed by atoms with E-state index in [-0.39, 0.29) is 17.8 Å². The number of thiophene rings is 1. The van der Waals surface area contributed by atoms with E-state index in [2.05, 4.69) is 27.2 Å². The van der Waals surface area contributed by atoms with Gasteiger partial charge in [-0.1, -0.05) is 11.8 Å². The van der Waals surface area contributed by atoms with Gasteiger partial charge in [-0.3, -0.25) is 4.79 Å². The zero-order valence-corrected chi connectivity index (χ0v) is 16.4. The van der Waals surface area contributed by atoms with Gasteiger partial charge in [-0.15, -0.1) is 11.3 Å². The number of fused-ring (bicyclic) bond motifs is 3. The first-order chi connectivity index (χ1) is 12.6. The third kappa shape index (κ3) is 3.80. The average molecular weight is 394 g/mol. The number of carbonyl (C=O) groups is 1. The number of nitrogens with two attached hydrogens (primary N) is 1. The van der Waals surface area contributed by atoms with Crippen LogP contribution in [0.4, 0.5) is 5.82 Å². The number of rotatable bonds is 5. The molecule has 4 heterocycles. The van der Waals surface area contributed by atoms with Crippen molar-refractivity contribution in [3.8, 4) is 0 Å². The first-order valence-electron chi connectivity index (χ1n) is 8.87. The summed E-state index contributed by atoms with van der Waals surface area (Å²) >= 11 is 3.02. The standard InChI is InChI=1S/C17H23N5O2S2/c1-22-5-4-11-12(8-22)26-16-14(11)15(18)20-17(21-16)25-9-13(23)19-7-10-3-2-6-24-10/h10H,2-9H2,1H3,(H,19,23)(H2,18,20,21). The second-order valence-corrected chi connectivity index (χ2v) is 8.82. The Labute approximate surface area is 160 Å². The lowest BCUT2D eigenvalue weighted by Crippen LogP contribution is -2.32. The number of likely N-dealkylation sites (N-methyl/N-ethyl adjacent to an activating group) is 1. The van der Waals surface area contributed by atoms with Crippen molar-refractivity contribution < 1.29 is 9.53 Å². The van der Waals surface area contributed by atoms with Gasteiger partial charge in [-0.25, -0.2) is 9.97 Å². The van der Waals surface area contributed by atoms with Crippen LogP contribution in [0, 0.1) is 0 Å². The summed E-state index contributed by atoms with van der Waals surface area (Å²) in [5.41, 5.74) is 7.52. The largest absolute Gasteiger partial charge is 0.383 e. The van der Waals surface area contributed by atoms with Crippen molar-refractivity contribution in [2.45, 2.75) is 37.1 Å². The molecule has 7 nitrogen and oxygen atoms in total. The molecule has 0 saturated carbocycles. The van der Waals surface area contributed by atoms with Crippen LogP contribution in [-0.4, -0.2) is 59.4 Å². The molecule has 0 aromatic carbocycles. The van der Waals surface area contributed by atoms with Crippen molar-refractivity contribution in [2.24, 2.45) is 0 Å². The lowest BCUT2D eigenvalue weighted by molar-refractivity contribution is -0.119. The maximum absolute atomic E-state index is 12.0. The van der Waals surface area contributed by atoms with E-state index in [0.717, 1.165) is 49.2 Å². The number of amides is 1. The van der Waals surface area contributed by atoms with Gasteiger partial charge < -0.3 is 20.7 Å². The first kappa shape index (κ1) is 18.0. The highest BCUT2D eigenvalue weighted by Crippen LogP contribution is 2.37. The molecule has 0 spiro atoms. The fraction of sp³-hybridized carbons (Fsp3) is 0.588. The molecule has 9 heteroatoms. The second-order valence-electron chi connectivity index (χ2n) is 6.79. The van der Waals surface area contributed by atoms with E-state index in [4.69, 9.17) is 10.5 Å². The predicted molar refractivity (Wildman–Crippen MR) is 105 cm³/mol. The molecule has 1 amide bonds. The summed E-state index contributed by atoms with van der Waals surface area (Å²) in [7, 11) is 2.12. The van der Waals surface area contributed by atoms with E-state index < -0.39 is 0 Å². The number of nitrogen functional groups attached to an aromatic ring is 1. The molecule has 2 aliphatic rings. The summed E-state index contributed by atoms with van der Waals surface area (Å²) in [6, 6.07) is 0. The fourth-order valence-corrected chi connectivity index (χ4v) is 5.46. The van der Waals surface area contributed by atoms with Crippen molar-refractivity contribution in [3.05, 3.63) is 10.4 Å². The van der Waals surface area contributed by atoms with Gasteiger partial charge >= 0.3 is 0 Å². The zero-order chi connectivity index (χ0) is 18.1. The molecule has 1 saturated heterocycles. The van der Waals surface area contributed by atoms with Gasteiger partial charge in [-0.2, -0.15) is 0 Å². The van der Waals surface area contributed by atoms with Crippen molar-refractivity contribution >= 4 is 45.0 Å². The number of nitrogens with one attached hydrogen (secondary N) is 1. The van der Waals surface area contributed by atoms with Crippen LogP contribution < -0.4 is 11.1 Å². The van der Waals surface area contributed by atoms with Gasteiger partial charge in [0.1, 0.15) is 10.6 Å². The SMILES string of the molecule is CN1CCc2c(sc3nc(SCC(=O)NCC4CCCO4)nc(N)c23)C1. The number of carbonyl (C=O) groups excluding carboxylic acids is 1. The predicted octanol–water partition coefficient (Wildman–Crippen LogP) is 1.65. The maximum Gasteiger partial charge on any atom is 0.230 e. The van der Waals surface area contributed by atoms with Gasteiger partial charge in [0, 0.05) is 31.1 Å². The van der Waals surface area contributed by atoms with E-state index in [1.165, 1.54) is 22.2 Å². The molecule has 0 aliphatic carbocycles. The van der Waals surface area contributed by atoms with E-state index >= 15 is 0 Å². The van der Waals surface area contributed by atoms with Gasteiger partial charge in [0.2, 0.25) is 5.91 Å². The van der Waals surface area contributed by atoms with Crippen LogP contribution in [-0.2, 0) is 22.5 Å². The number of nitrogens with zero attached hydrogens (tertiary/aromatic N) is 3. The summed E-state index contributed by atoms with van der Waals surface area (Å²) in [5.74, 6) is 0.782. The second kappa shape index (κ2) is 7.67. The maximum atomic E-state index is 12.0. The fourth-order valence-electron chi connectivity index (χ4n) is 3.41. The van der Waals surface area contributed by atoms with E-state index in [1.54, 1.807) is 11.3 Å². The molecule has 4 rings (SSSR count). The quantitative estimate of drug-likeness (QED) is 0.589. The molecule has 1 unspecified atom stereocenters. The van der Waals surface area contributed by atoms with Crippen LogP contribution in [0.25, 0.3) is 10.2 Å². The van der Waals surface area contributed by atoms with Crippen LogP contribution in [0.2, 0.25) is 0 Å². The summed E-state index contributed by atoms with van der Waals surface area (Å²) in [5, 5.41) is 4.49. The van der Waals surface area contributed by atoms with Crippen molar-refractivity contribution in [1.82, 2.24) is 20.2 Å². The minimum Gasteiger partial charge on any atom is -0.383 e. The number of hydrogen-bond acceptors (Lipinski definition) is 8. The van der Waals surface area contributed by atoms with Gasteiger partial charge in [0.15, 0.2) is 5.16 Å². The molecule has 1 fully saturated rings. The Hall–Kier alpha value is -1.42. The molecule has 2 aliphatic heterocycles. The molecule has 26 heavy (non-hydrogen) atoms. The lowest BCUT2D eigenvalue weighted by atomic mass is 10.1. The highest BCUT2D eigenvalue weighted by Gasteiger charge is 2.22. The van der Waals surface area contributed by atoms with Crippen molar-refractivity contribution in [1.29, 1.82) is 0 Å². The van der Waals surface area contributed by atoms with Crippen LogP contribution in [0.1, 0.15) is 23.3 Å². The number of anilines is 1. The summed E-state index contributed by atoms with van der Waals surface area (Å²) in [6.45, 7) is 3.33. The monoisotopic (exact) mass is 393 g/mol. The van der Waals surface area contributed by atoms with Gasteiger partial charge in [0.05, 0.1) is 17.2 Å². The zero-order valence-electron chi connectivity index (χ0n) is 14.8. The molecule has 140 valence electrons. The average Bonchev–Trinajstić information content (AvgIpc) is 3.24. The normalized spacial score (nSPS) is 20.4. The third-order valence-electron chi connectivity index (χ3n) is 4.78. The Balaban J connectivity index is 1.41. The van der Waals surface area contributed by atoms with Gasteiger partial charge in [0.25, 0.3) is 0 Å². The Morgan fingerprint density at radius 3 is 3.19 bits per heavy atom. The Bertz CT molecular complexity index is 819. The Kier molecular flexibility index (Phi) is 5.30. The molecule has 3 N–H and O–H groups in total. The topological polar surface area (TPSA) is 93.4 Å². The molecule has 1 atom stereocenters. The van der Waals surface area contributed by atoms with E-state index in [0.29, 0.717) is 17.5 Å². The minimum atomic E-state index is -0.0279. The molecular formula is C17H23N5O2S2. The highest BCUT2D eigenvalue weighted by molar-refractivity contribution is 7.99. The molecule has 2 aromatic heterocycles. The highest BCUT2D eigenvalue weighted by atomic mass is 32.2. The third-order valence-corrected chi connectivity index (χ3v) is 6.74. The number of thioether (sulfide) groups is 1. The first-order valence-corrected chi connectivity index (χ1v) is 10.7. The van der Waals surface area contributed by atoms with Crippen LogP contribution >= 0.6 is 23.1 Å². The number of ether oxygens (including phenoxy) is 1. The molecule has 0 bridgehead atoms. The van der Waals surface area contributed by atoms with Crippen LogP contribution in [0.15, 0.2) is 5.16 Å². The Morgan fingerprint density at radius 1 is 1.50 bits per heavy atom. The van der Waals surface area contributed by atoms with Crippen LogP contribution in [0.5, 0.6) is 0 Å². The summed E-state index contributed by atoms with van der Waals surface area (Å²) in [6.07, 6.45) is 3.23. The number of hydrogen-bond donors (Lipinski definition) is 2. The minimum absolute atomic E-state index is 0.0279. The smallest absolute Gasteiger partial charge is 0.230 e. The molecular weight excluding hydrogens is 370 g/mol. The number of aromatic nitrogens is 2. The summed E-state index contributed by atoms with van der Waals surface area (Å²) < 4.78 is 5.51. The van der Waals surface area contributed by atoms with Gasteiger partial charge in [-0.05, 0) is 31.9 Å². The van der Waals surface area contributed by atoms with E-state index in [9.17, 15) is 4.79 Å². The van der Waals surface area contributed by atoms with Crippen molar-refractivity contribution in [3.63, 3.8) is 0 Å². The summed E-state index contributed by atoms with van der Waals surface area (Å²) in [4.78, 5) is 25.7. The molecule has 0 radical (unpaired) electrons. The Morgan fingerprint density at radius 2 is 2.38 bits per heavy atom. The van der Waals surface area contributed by atoms with Crippen molar-refractivity contribution in [2.75, 3.05) is 38.2 Å². The molecule has 2 aromatic rings. The lowest BCUT2D eigenvalue weighted by Gasteiger charge is -2.22. The van der Waals surface area contributed by atoms with E-state index in [1.807, 2.05) is 0 Å².